The zero-order chi connectivity index (χ0) is 12.5. The second kappa shape index (κ2) is 4.27. The fourth-order valence-electron chi connectivity index (χ4n) is 1.93. The van der Waals surface area contributed by atoms with E-state index in [0.717, 1.165) is 21.9 Å². The molecule has 0 amide bonds. The van der Waals surface area contributed by atoms with Gasteiger partial charge < -0.3 is 5.11 Å². The molecule has 0 aliphatic rings. The molecule has 1 aromatic heterocycles. The lowest BCUT2D eigenvalue weighted by Crippen LogP contribution is -1.85. The maximum Gasteiger partial charge on any atom is 0.116 e. The van der Waals surface area contributed by atoms with Gasteiger partial charge in [-0.15, -0.1) is 0 Å². The highest BCUT2D eigenvalue weighted by Crippen LogP contribution is 2.35. The van der Waals surface area contributed by atoms with Crippen LogP contribution in [0.1, 0.15) is 0 Å². The van der Waals surface area contributed by atoms with Crippen LogP contribution >= 0.6 is 11.6 Å². The number of benzene rings is 2. The van der Waals surface area contributed by atoms with Crippen LogP contribution in [0.3, 0.4) is 0 Å². The number of aromatic nitrogens is 2. The van der Waals surface area contributed by atoms with E-state index in [1.807, 2.05) is 18.2 Å². The van der Waals surface area contributed by atoms with Gasteiger partial charge in [0.25, 0.3) is 0 Å². The minimum atomic E-state index is 0.200. The minimum Gasteiger partial charge on any atom is -0.508 e. The minimum absolute atomic E-state index is 0.200. The highest BCUT2D eigenvalue weighted by Gasteiger charge is 2.08. The number of fused-ring (bicyclic) bond motifs is 1. The van der Waals surface area contributed by atoms with Gasteiger partial charge in [-0.1, -0.05) is 29.8 Å². The highest BCUT2D eigenvalue weighted by molar-refractivity contribution is 6.38. The van der Waals surface area contributed by atoms with Gasteiger partial charge in [0.1, 0.15) is 12.1 Å². The molecule has 1 N–H and O–H groups in total. The molecule has 0 atom stereocenters. The van der Waals surface area contributed by atoms with Crippen molar-refractivity contribution in [3.8, 4) is 16.9 Å². The zero-order valence-corrected chi connectivity index (χ0v) is 10.1. The largest absolute Gasteiger partial charge is 0.508 e. The molecule has 0 spiro atoms. The number of hydrogen-bond donors (Lipinski definition) is 1. The Morgan fingerprint density at radius 1 is 1.00 bits per heavy atom. The summed E-state index contributed by atoms with van der Waals surface area (Å²) in [7, 11) is 0. The van der Waals surface area contributed by atoms with Crippen LogP contribution in [0.2, 0.25) is 5.02 Å². The molecule has 0 fully saturated rings. The van der Waals surface area contributed by atoms with E-state index in [4.69, 9.17) is 11.6 Å². The third-order valence-corrected chi connectivity index (χ3v) is 3.22. The number of aromatic hydroxyl groups is 1. The molecule has 18 heavy (non-hydrogen) atoms. The molecule has 0 aliphatic carbocycles. The van der Waals surface area contributed by atoms with Crippen molar-refractivity contribution in [2.24, 2.45) is 0 Å². The van der Waals surface area contributed by atoms with E-state index in [1.54, 1.807) is 24.5 Å². The SMILES string of the molecule is Oc1ccc2ccc(-c3cncnc3)c(Cl)c2c1. The molecule has 0 saturated carbocycles. The molecule has 88 valence electrons. The fourth-order valence-corrected chi connectivity index (χ4v) is 2.27. The molecule has 0 bridgehead atoms. The van der Waals surface area contributed by atoms with Crippen molar-refractivity contribution in [1.82, 2.24) is 9.97 Å². The molecule has 0 saturated heterocycles. The van der Waals surface area contributed by atoms with E-state index in [-0.39, 0.29) is 5.75 Å². The van der Waals surface area contributed by atoms with Crippen LogP contribution in [0.15, 0.2) is 49.1 Å². The van der Waals surface area contributed by atoms with E-state index in [2.05, 4.69) is 9.97 Å². The summed E-state index contributed by atoms with van der Waals surface area (Å²) in [6.45, 7) is 0. The summed E-state index contributed by atoms with van der Waals surface area (Å²) in [5, 5.41) is 11.9. The van der Waals surface area contributed by atoms with Gasteiger partial charge >= 0.3 is 0 Å². The summed E-state index contributed by atoms with van der Waals surface area (Å²) in [6.07, 6.45) is 4.90. The van der Waals surface area contributed by atoms with Crippen molar-refractivity contribution in [2.45, 2.75) is 0 Å². The van der Waals surface area contributed by atoms with E-state index >= 15 is 0 Å². The molecule has 3 nitrogen and oxygen atoms in total. The van der Waals surface area contributed by atoms with Gasteiger partial charge in [-0.3, -0.25) is 0 Å². The van der Waals surface area contributed by atoms with Crippen molar-refractivity contribution < 1.29 is 5.11 Å². The van der Waals surface area contributed by atoms with Crippen LogP contribution in [0, 0.1) is 0 Å². The number of phenolic OH excluding ortho intramolecular Hbond substituents is 1. The second-order valence-electron chi connectivity index (χ2n) is 3.96. The average molecular weight is 257 g/mol. The number of halogens is 1. The predicted octanol–water partition coefficient (Wildman–Crippen LogP) is 3.66. The van der Waals surface area contributed by atoms with Crippen molar-refractivity contribution in [3.63, 3.8) is 0 Å². The molecule has 0 unspecified atom stereocenters. The summed E-state index contributed by atoms with van der Waals surface area (Å²) in [5.41, 5.74) is 1.71. The highest BCUT2D eigenvalue weighted by atomic mass is 35.5. The monoisotopic (exact) mass is 256 g/mol. The van der Waals surface area contributed by atoms with Gasteiger partial charge in [-0.05, 0) is 17.5 Å². The van der Waals surface area contributed by atoms with Crippen LogP contribution in [0.4, 0.5) is 0 Å². The maximum absolute atomic E-state index is 9.53. The van der Waals surface area contributed by atoms with Crippen molar-refractivity contribution in [2.75, 3.05) is 0 Å². The number of nitrogens with zero attached hydrogens (tertiary/aromatic N) is 2. The third kappa shape index (κ3) is 1.79. The number of rotatable bonds is 1. The van der Waals surface area contributed by atoms with Gasteiger partial charge in [0.2, 0.25) is 0 Å². The normalized spacial score (nSPS) is 10.7. The van der Waals surface area contributed by atoms with Crippen molar-refractivity contribution in [3.05, 3.63) is 54.1 Å². The molecular weight excluding hydrogens is 248 g/mol. The summed E-state index contributed by atoms with van der Waals surface area (Å²) >= 11 is 6.38. The predicted molar refractivity (Wildman–Crippen MR) is 71.6 cm³/mol. The second-order valence-corrected chi connectivity index (χ2v) is 4.34. The lowest BCUT2D eigenvalue weighted by atomic mass is 10.0. The van der Waals surface area contributed by atoms with Gasteiger partial charge in [0.05, 0.1) is 5.02 Å². The van der Waals surface area contributed by atoms with Gasteiger partial charge in [-0.25, -0.2) is 9.97 Å². The Hall–Kier alpha value is -2.13. The quantitative estimate of drug-likeness (QED) is 0.723. The van der Waals surface area contributed by atoms with E-state index < -0.39 is 0 Å². The number of phenols is 1. The lowest BCUT2D eigenvalue weighted by molar-refractivity contribution is 0.476. The van der Waals surface area contributed by atoms with Crippen LogP contribution in [0.25, 0.3) is 21.9 Å². The molecule has 4 heteroatoms. The maximum atomic E-state index is 9.53. The Bertz CT molecular complexity index is 714. The van der Waals surface area contributed by atoms with E-state index in [1.165, 1.54) is 6.33 Å². The summed E-state index contributed by atoms with van der Waals surface area (Å²) in [4.78, 5) is 7.96. The average Bonchev–Trinajstić information content (AvgIpc) is 2.41. The third-order valence-electron chi connectivity index (χ3n) is 2.81. The first-order chi connectivity index (χ1) is 8.75. The van der Waals surface area contributed by atoms with Crippen LogP contribution in [-0.4, -0.2) is 15.1 Å². The van der Waals surface area contributed by atoms with Crippen LogP contribution < -0.4 is 0 Å². The van der Waals surface area contributed by atoms with Gasteiger partial charge in [0.15, 0.2) is 0 Å². The Labute approximate surface area is 109 Å². The standard InChI is InChI=1S/C14H9ClN2O/c15-14-12(10-6-16-8-17-7-10)4-2-9-1-3-11(18)5-13(9)14/h1-8,18H. The van der Waals surface area contributed by atoms with Crippen molar-refractivity contribution >= 4 is 22.4 Å². The molecule has 0 radical (unpaired) electrons. The topological polar surface area (TPSA) is 46.0 Å². The van der Waals surface area contributed by atoms with Gasteiger partial charge in [-0.2, -0.15) is 0 Å². The van der Waals surface area contributed by atoms with E-state index in [0.29, 0.717) is 5.02 Å². The van der Waals surface area contributed by atoms with Crippen LogP contribution in [0.5, 0.6) is 5.75 Å². The molecule has 3 aromatic rings. The first-order valence-electron chi connectivity index (χ1n) is 5.42. The molecule has 0 aliphatic heterocycles. The first-order valence-corrected chi connectivity index (χ1v) is 5.80. The molecule has 3 rings (SSSR count). The van der Waals surface area contributed by atoms with Crippen LogP contribution in [-0.2, 0) is 0 Å². The Morgan fingerprint density at radius 2 is 1.72 bits per heavy atom. The molecule has 1 heterocycles. The Balaban J connectivity index is 2.29. The number of hydrogen-bond acceptors (Lipinski definition) is 3. The smallest absolute Gasteiger partial charge is 0.116 e. The fraction of sp³-hybridized carbons (Fsp3) is 0. The Kier molecular flexibility index (Phi) is 2.61. The first kappa shape index (κ1) is 11.0. The van der Waals surface area contributed by atoms with Crippen molar-refractivity contribution in [1.29, 1.82) is 0 Å². The molecule has 2 aromatic carbocycles. The van der Waals surface area contributed by atoms with Gasteiger partial charge in [0, 0.05) is 28.9 Å². The summed E-state index contributed by atoms with van der Waals surface area (Å²) in [6, 6.07) is 9.03. The zero-order valence-electron chi connectivity index (χ0n) is 9.34. The summed E-state index contributed by atoms with van der Waals surface area (Å²) in [5.74, 6) is 0.200. The molecular formula is C14H9ClN2O. The lowest BCUT2D eigenvalue weighted by Gasteiger charge is -2.07. The van der Waals surface area contributed by atoms with E-state index in [9.17, 15) is 5.11 Å². The summed E-state index contributed by atoms with van der Waals surface area (Å²) < 4.78 is 0. The Morgan fingerprint density at radius 3 is 2.50 bits per heavy atom.